The van der Waals surface area contributed by atoms with E-state index in [2.05, 4.69) is 5.32 Å². The molecule has 3 heteroatoms. The fourth-order valence-electron chi connectivity index (χ4n) is 1.55. The number of ether oxygens (including phenoxy) is 1. The smallest absolute Gasteiger partial charge is 0.153 e. The summed E-state index contributed by atoms with van der Waals surface area (Å²) in [6.07, 6.45) is 0.789. The molecular weight excluding hydrogens is 214 g/mol. The number of carbonyl (C=O) groups is 1. The van der Waals surface area contributed by atoms with Crippen molar-refractivity contribution < 1.29 is 9.53 Å². The summed E-state index contributed by atoms with van der Waals surface area (Å²) < 4.78 is 5.73. The molecule has 0 saturated heterocycles. The molecule has 0 aliphatic heterocycles. The van der Waals surface area contributed by atoms with E-state index in [1.54, 1.807) is 18.2 Å². The highest BCUT2D eigenvalue weighted by Gasteiger charge is 2.05. The zero-order chi connectivity index (χ0) is 12.1. The van der Waals surface area contributed by atoms with E-state index in [1.807, 2.05) is 37.4 Å². The molecule has 0 radical (unpaired) electrons. The van der Waals surface area contributed by atoms with Crippen LogP contribution in [-0.4, -0.2) is 13.3 Å². The number of carbonyl (C=O) groups excluding carboxylic acids is 1. The lowest BCUT2D eigenvalue weighted by atomic mass is 10.2. The Balaban J connectivity index is 2.34. The van der Waals surface area contributed by atoms with Crippen LogP contribution < -0.4 is 10.1 Å². The van der Waals surface area contributed by atoms with Gasteiger partial charge in [-0.1, -0.05) is 24.3 Å². The van der Waals surface area contributed by atoms with Crippen molar-refractivity contribution in [3.05, 3.63) is 54.1 Å². The van der Waals surface area contributed by atoms with Crippen LogP contribution in [0.3, 0.4) is 0 Å². The monoisotopic (exact) mass is 227 g/mol. The quantitative estimate of drug-likeness (QED) is 0.814. The minimum atomic E-state index is 0.540. The lowest BCUT2D eigenvalue weighted by Crippen LogP contribution is -1.94. The van der Waals surface area contributed by atoms with Gasteiger partial charge >= 0.3 is 0 Å². The summed E-state index contributed by atoms with van der Waals surface area (Å²) in [6.45, 7) is 0. The summed E-state index contributed by atoms with van der Waals surface area (Å²) in [4.78, 5) is 10.9. The molecule has 0 aliphatic carbocycles. The Kier molecular flexibility index (Phi) is 3.40. The van der Waals surface area contributed by atoms with Crippen LogP contribution in [0.1, 0.15) is 10.4 Å². The van der Waals surface area contributed by atoms with Crippen LogP contribution in [-0.2, 0) is 0 Å². The Morgan fingerprint density at radius 3 is 2.35 bits per heavy atom. The highest BCUT2D eigenvalue weighted by Crippen LogP contribution is 2.30. The number of aldehydes is 1. The highest BCUT2D eigenvalue weighted by atomic mass is 16.5. The van der Waals surface area contributed by atoms with Gasteiger partial charge in [0.2, 0.25) is 0 Å². The molecule has 0 aliphatic rings. The van der Waals surface area contributed by atoms with Crippen molar-refractivity contribution in [2.45, 2.75) is 0 Å². The molecular formula is C14H13NO2. The van der Waals surface area contributed by atoms with E-state index in [0.29, 0.717) is 17.1 Å². The van der Waals surface area contributed by atoms with Crippen LogP contribution in [0.25, 0.3) is 0 Å². The van der Waals surface area contributed by atoms with Gasteiger partial charge in [-0.3, -0.25) is 4.79 Å². The predicted molar refractivity (Wildman–Crippen MR) is 67.9 cm³/mol. The van der Waals surface area contributed by atoms with Crippen LogP contribution in [0.15, 0.2) is 48.5 Å². The van der Waals surface area contributed by atoms with E-state index >= 15 is 0 Å². The van der Waals surface area contributed by atoms with E-state index < -0.39 is 0 Å². The van der Waals surface area contributed by atoms with Crippen molar-refractivity contribution >= 4 is 12.0 Å². The van der Waals surface area contributed by atoms with Gasteiger partial charge in [-0.25, -0.2) is 0 Å². The second kappa shape index (κ2) is 5.16. The van der Waals surface area contributed by atoms with Gasteiger partial charge in [0, 0.05) is 7.05 Å². The average molecular weight is 227 g/mol. The van der Waals surface area contributed by atoms with E-state index in [-0.39, 0.29) is 0 Å². The summed E-state index contributed by atoms with van der Waals surface area (Å²) in [7, 11) is 1.83. The molecule has 17 heavy (non-hydrogen) atoms. The van der Waals surface area contributed by atoms with Crippen molar-refractivity contribution in [3.8, 4) is 11.5 Å². The molecule has 0 aromatic heterocycles. The molecule has 3 nitrogen and oxygen atoms in total. The molecule has 0 atom stereocenters. The van der Waals surface area contributed by atoms with E-state index in [4.69, 9.17) is 4.74 Å². The standard InChI is InChI=1S/C14H13NO2/c1-15-12-7-3-5-9-14(12)17-13-8-4-2-6-11(13)10-16/h2-10,15H,1H3. The number of hydrogen-bond acceptors (Lipinski definition) is 3. The van der Waals surface area contributed by atoms with Crippen molar-refractivity contribution in [1.82, 2.24) is 0 Å². The number of rotatable bonds is 4. The van der Waals surface area contributed by atoms with Crippen LogP contribution >= 0.6 is 0 Å². The molecule has 0 fully saturated rings. The lowest BCUT2D eigenvalue weighted by Gasteiger charge is -2.11. The molecule has 0 amide bonds. The summed E-state index contributed by atoms with van der Waals surface area (Å²) in [5, 5.41) is 3.04. The van der Waals surface area contributed by atoms with Crippen molar-refractivity contribution in [3.63, 3.8) is 0 Å². The van der Waals surface area contributed by atoms with E-state index in [0.717, 1.165) is 12.0 Å². The minimum Gasteiger partial charge on any atom is -0.454 e. The van der Waals surface area contributed by atoms with Gasteiger partial charge in [0.25, 0.3) is 0 Å². The first-order chi connectivity index (χ1) is 8.35. The summed E-state index contributed by atoms with van der Waals surface area (Å²) in [5.74, 6) is 1.26. The molecule has 1 N–H and O–H groups in total. The number of benzene rings is 2. The molecule has 2 aromatic rings. The zero-order valence-corrected chi connectivity index (χ0v) is 9.51. The predicted octanol–water partition coefficient (Wildman–Crippen LogP) is 3.33. The van der Waals surface area contributed by atoms with Crippen LogP contribution in [0.5, 0.6) is 11.5 Å². The molecule has 0 heterocycles. The van der Waals surface area contributed by atoms with Gasteiger partial charge in [0.15, 0.2) is 12.0 Å². The third kappa shape index (κ3) is 2.45. The maximum Gasteiger partial charge on any atom is 0.153 e. The van der Waals surface area contributed by atoms with Gasteiger partial charge in [0.05, 0.1) is 11.3 Å². The number of nitrogens with one attached hydrogen (secondary N) is 1. The van der Waals surface area contributed by atoms with Crippen LogP contribution in [0.2, 0.25) is 0 Å². The van der Waals surface area contributed by atoms with Crippen LogP contribution in [0.4, 0.5) is 5.69 Å². The van der Waals surface area contributed by atoms with Crippen molar-refractivity contribution in [2.75, 3.05) is 12.4 Å². The summed E-state index contributed by atoms with van der Waals surface area (Å²) in [5.41, 5.74) is 1.42. The molecule has 0 bridgehead atoms. The van der Waals surface area contributed by atoms with Crippen molar-refractivity contribution in [1.29, 1.82) is 0 Å². The van der Waals surface area contributed by atoms with Crippen LogP contribution in [0, 0.1) is 0 Å². The third-order valence-corrected chi connectivity index (χ3v) is 2.42. The van der Waals surface area contributed by atoms with Gasteiger partial charge in [-0.2, -0.15) is 0 Å². The first-order valence-corrected chi connectivity index (χ1v) is 5.34. The second-order valence-electron chi connectivity index (χ2n) is 3.50. The van der Waals surface area contributed by atoms with Gasteiger partial charge in [-0.05, 0) is 24.3 Å². The molecule has 0 spiro atoms. The Morgan fingerprint density at radius 2 is 1.65 bits per heavy atom. The Hall–Kier alpha value is -2.29. The highest BCUT2D eigenvalue weighted by molar-refractivity contribution is 5.79. The third-order valence-electron chi connectivity index (χ3n) is 2.42. The zero-order valence-electron chi connectivity index (χ0n) is 9.51. The fourth-order valence-corrected chi connectivity index (χ4v) is 1.55. The molecule has 86 valence electrons. The topological polar surface area (TPSA) is 38.3 Å². The molecule has 0 unspecified atom stereocenters. The normalized spacial score (nSPS) is 9.71. The second-order valence-corrected chi connectivity index (χ2v) is 3.50. The summed E-state index contributed by atoms with van der Waals surface area (Å²) >= 11 is 0. The van der Waals surface area contributed by atoms with Gasteiger partial charge in [0.1, 0.15) is 5.75 Å². The number of anilines is 1. The number of hydrogen-bond donors (Lipinski definition) is 1. The Labute approximate surface area is 100 Å². The molecule has 2 aromatic carbocycles. The van der Waals surface area contributed by atoms with E-state index in [9.17, 15) is 4.79 Å². The average Bonchev–Trinajstić information content (AvgIpc) is 2.40. The van der Waals surface area contributed by atoms with E-state index in [1.165, 1.54) is 0 Å². The maximum atomic E-state index is 10.9. The lowest BCUT2D eigenvalue weighted by molar-refractivity contribution is 0.112. The molecule has 2 rings (SSSR count). The minimum absolute atomic E-state index is 0.540. The first-order valence-electron chi connectivity index (χ1n) is 5.34. The molecule has 0 saturated carbocycles. The van der Waals surface area contributed by atoms with Gasteiger partial charge < -0.3 is 10.1 Å². The largest absolute Gasteiger partial charge is 0.454 e. The SMILES string of the molecule is CNc1ccccc1Oc1ccccc1C=O. The van der Waals surface area contributed by atoms with Gasteiger partial charge in [-0.15, -0.1) is 0 Å². The maximum absolute atomic E-state index is 10.9. The Morgan fingerprint density at radius 1 is 1.00 bits per heavy atom. The first kappa shape index (κ1) is 11.2. The number of para-hydroxylation sites is 3. The Bertz CT molecular complexity index is 523. The van der Waals surface area contributed by atoms with Crippen molar-refractivity contribution in [2.24, 2.45) is 0 Å². The summed E-state index contributed by atoms with van der Waals surface area (Å²) in [6, 6.07) is 14.7. The fraction of sp³-hybridized carbons (Fsp3) is 0.0714.